The summed E-state index contributed by atoms with van der Waals surface area (Å²) in [7, 11) is 0. The average Bonchev–Trinajstić information content (AvgIpc) is 2.86. The molecule has 1 fully saturated rings. The molecule has 0 aromatic carbocycles. The molecule has 1 unspecified atom stereocenters. The molecule has 0 amide bonds. The van der Waals surface area contributed by atoms with Gasteiger partial charge < -0.3 is 5.11 Å². The SMILES string of the molecule is O=C(O)C(Cc1ccc(Br)s1)C1CC1. The fourth-order valence-electron chi connectivity index (χ4n) is 1.63. The van der Waals surface area contributed by atoms with Crippen LogP contribution in [-0.4, -0.2) is 11.1 Å². The molecule has 1 saturated carbocycles. The maximum atomic E-state index is 11.0. The van der Waals surface area contributed by atoms with E-state index < -0.39 is 5.97 Å². The van der Waals surface area contributed by atoms with E-state index in [2.05, 4.69) is 15.9 Å². The van der Waals surface area contributed by atoms with Crippen LogP contribution >= 0.6 is 27.3 Å². The fraction of sp³-hybridized carbons (Fsp3) is 0.500. The molecule has 1 aromatic rings. The zero-order valence-corrected chi connectivity index (χ0v) is 9.97. The summed E-state index contributed by atoms with van der Waals surface area (Å²) in [5.74, 6) is -0.383. The number of carbonyl (C=O) groups is 1. The maximum absolute atomic E-state index is 11.0. The molecule has 0 saturated heterocycles. The Morgan fingerprint density at radius 1 is 1.64 bits per heavy atom. The van der Waals surface area contributed by atoms with Crippen molar-refractivity contribution in [1.82, 2.24) is 0 Å². The molecule has 76 valence electrons. The minimum absolute atomic E-state index is 0.166. The minimum atomic E-state index is -0.642. The zero-order chi connectivity index (χ0) is 10.1. The van der Waals surface area contributed by atoms with E-state index in [0.717, 1.165) is 21.5 Å². The molecule has 14 heavy (non-hydrogen) atoms. The van der Waals surface area contributed by atoms with Gasteiger partial charge in [0.2, 0.25) is 0 Å². The molecule has 4 heteroatoms. The summed E-state index contributed by atoms with van der Waals surface area (Å²) in [6.07, 6.45) is 2.86. The molecule has 2 nitrogen and oxygen atoms in total. The van der Waals surface area contributed by atoms with Gasteiger partial charge in [-0.25, -0.2) is 0 Å². The van der Waals surface area contributed by atoms with Crippen LogP contribution in [0.1, 0.15) is 17.7 Å². The molecule has 1 N–H and O–H groups in total. The number of hydrogen-bond donors (Lipinski definition) is 1. The van der Waals surface area contributed by atoms with Crippen LogP contribution in [0.15, 0.2) is 15.9 Å². The quantitative estimate of drug-likeness (QED) is 0.916. The first-order valence-corrected chi connectivity index (χ1v) is 6.25. The van der Waals surface area contributed by atoms with Gasteiger partial charge in [0.1, 0.15) is 0 Å². The van der Waals surface area contributed by atoms with Crippen LogP contribution in [0.25, 0.3) is 0 Å². The Morgan fingerprint density at radius 3 is 2.79 bits per heavy atom. The third-order valence-electron chi connectivity index (χ3n) is 2.56. The molecular weight excluding hydrogens is 264 g/mol. The highest BCUT2D eigenvalue weighted by molar-refractivity contribution is 9.11. The number of carboxylic acids is 1. The van der Waals surface area contributed by atoms with E-state index in [9.17, 15) is 4.79 Å². The highest BCUT2D eigenvalue weighted by Gasteiger charge is 2.36. The normalized spacial score (nSPS) is 18.1. The number of aliphatic carboxylic acids is 1. The van der Waals surface area contributed by atoms with Crippen LogP contribution in [0, 0.1) is 11.8 Å². The Labute approximate surface area is 95.1 Å². The lowest BCUT2D eigenvalue weighted by atomic mass is 9.99. The van der Waals surface area contributed by atoms with Gasteiger partial charge in [0, 0.05) is 4.88 Å². The molecule has 1 aliphatic carbocycles. The van der Waals surface area contributed by atoms with E-state index in [4.69, 9.17) is 5.11 Å². The van der Waals surface area contributed by atoms with Gasteiger partial charge in [-0.1, -0.05) is 0 Å². The first-order valence-electron chi connectivity index (χ1n) is 4.64. The minimum Gasteiger partial charge on any atom is -0.481 e. The third kappa shape index (κ3) is 2.36. The second-order valence-corrected chi connectivity index (χ2v) is 6.24. The summed E-state index contributed by atoms with van der Waals surface area (Å²) >= 11 is 5.01. The lowest BCUT2D eigenvalue weighted by Gasteiger charge is -2.08. The first kappa shape index (κ1) is 10.2. The molecule has 0 radical (unpaired) electrons. The van der Waals surface area contributed by atoms with Crippen LogP contribution in [-0.2, 0) is 11.2 Å². The van der Waals surface area contributed by atoms with E-state index in [1.165, 1.54) is 0 Å². The van der Waals surface area contributed by atoms with E-state index >= 15 is 0 Å². The van der Waals surface area contributed by atoms with Gasteiger partial charge in [0.15, 0.2) is 0 Å². The van der Waals surface area contributed by atoms with Crippen molar-refractivity contribution in [2.24, 2.45) is 11.8 Å². The number of halogens is 1. The lowest BCUT2D eigenvalue weighted by Crippen LogP contribution is -2.17. The van der Waals surface area contributed by atoms with Crippen LogP contribution in [0.4, 0.5) is 0 Å². The summed E-state index contributed by atoms with van der Waals surface area (Å²) in [6.45, 7) is 0. The lowest BCUT2D eigenvalue weighted by molar-refractivity contribution is -0.142. The van der Waals surface area contributed by atoms with Gasteiger partial charge in [0.25, 0.3) is 0 Å². The highest BCUT2D eigenvalue weighted by atomic mass is 79.9. The standard InChI is InChI=1S/C10H11BrO2S/c11-9-4-3-7(14-9)5-8(10(12)13)6-1-2-6/h3-4,6,8H,1-2,5H2,(H,12,13). The zero-order valence-electron chi connectivity index (χ0n) is 7.57. The third-order valence-corrected chi connectivity index (χ3v) is 4.20. The molecule has 0 bridgehead atoms. The molecular formula is C10H11BrO2S. The summed E-state index contributed by atoms with van der Waals surface area (Å²) in [5, 5.41) is 9.04. The smallest absolute Gasteiger partial charge is 0.307 e. The average molecular weight is 275 g/mol. The predicted octanol–water partition coefficient (Wildman–Crippen LogP) is 3.16. The summed E-state index contributed by atoms with van der Waals surface area (Å²) in [6, 6.07) is 3.98. The van der Waals surface area contributed by atoms with E-state index in [1.807, 2.05) is 12.1 Å². The Morgan fingerprint density at radius 2 is 2.36 bits per heavy atom. The molecule has 2 rings (SSSR count). The topological polar surface area (TPSA) is 37.3 Å². The Kier molecular flexibility index (Phi) is 2.93. The first-order chi connectivity index (χ1) is 6.66. The van der Waals surface area contributed by atoms with Crippen molar-refractivity contribution in [3.05, 3.63) is 20.8 Å². The van der Waals surface area contributed by atoms with Crippen molar-refractivity contribution in [1.29, 1.82) is 0 Å². The van der Waals surface area contributed by atoms with E-state index in [-0.39, 0.29) is 5.92 Å². The number of thiophene rings is 1. The summed E-state index contributed by atoms with van der Waals surface area (Å²) in [4.78, 5) is 12.1. The fourth-order valence-corrected chi connectivity index (χ4v) is 3.17. The predicted molar refractivity (Wildman–Crippen MR) is 59.6 cm³/mol. The van der Waals surface area contributed by atoms with E-state index in [1.54, 1.807) is 11.3 Å². The maximum Gasteiger partial charge on any atom is 0.307 e. The number of carboxylic acid groups (broad SMARTS) is 1. The second kappa shape index (κ2) is 4.03. The number of rotatable bonds is 4. The van der Waals surface area contributed by atoms with E-state index in [0.29, 0.717) is 12.3 Å². The van der Waals surface area contributed by atoms with Crippen LogP contribution in [0.2, 0.25) is 0 Å². The van der Waals surface area contributed by atoms with Crippen molar-refractivity contribution in [2.45, 2.75) is 19.3 Å². The van der Waals surface area contributed by atoms with Crippen molar-refractivity contribution in [3.8, 4) is 0 Å². The van der Waals surface area contributed by atoms with Crippen LogP contribution in [0.3, 0.4) is 0 Å². The monoisotopic (exact) mass is 274 g/mol. The molecule has 0 aliphatic heterocycles. The largest absolute Gasteiger partial charge is 0.481 e. The van der Waals surface area contributed by atoms with Gasteiger partial charge in [-0.15, -0.1) is 11.3 Å². The number of hydrogen-bond acceptors (Lipinski definition) is 2. The summed E-state index contributed by atoms with van der Waals surface area (Å²) < 4.78 is 1.08. The van der Waals surface area contributed by atoms with Crippen LogP contribution < -0.4 is 0 Å². The molecule has 1 aromatic heterocycles. The van der Waals surface area contributed by atoms with Gasteiger partial charge >= 0.3 is 5.97 Å². The molecule has 1 heterocycles. The van der Waals surface area contributed by atoms with Crippen molar-refractivity contribution >= 4 is 33.2 Å². The molecule has 1 atom stereocenters. The van der Waals surface area contributed by atoms with Crippen molar-refractivity contribution < 1.29 is 9.90 Å². The van der Waals surface area contributed by atoms with Crippen molar-refractivity contribution in [3.63, 3.8) is 0 Å². The molecule has 0 spiro atoms. The highest BCUT2D eigenvalue weighted by Crippen LogP contribution is 2.39. The van der Waals surface area contributed by atoms with Gasteiger partial charge in [-0.2, -0.15) is 0 Å². The van der Waals surface area contributed by atoms with Gasteiger partial charge in [0.05, 0.1) is 9.70 Å². The summed E-state index contributed by atoms with van der Waals surface area (Å²) in [5.41, 5.74) is 0. The Balaban J connectivity index is 2.03. The molecule has 1 aliphatic rings. The van der Waals surface area contributed by atoms with Crippen molar-refractivity contribution in [2.75, 3.05) is 0 Å². The van der Waals surface area contributed by atoms with Gasteiger partial charge in [-0.3, -0.25) is 4.79 Å². The second-order valence-electron chi connectivity index (χ2n) is 3.69. The van der Waals surface area contributed by atoms with Gasteiger partial charge in [-0.05, 0) is 53.2 Å². The Hall–Kier alpha value is -0.350. The van der Waals surface area contributed by atoms with Crippen LogP contribution in [0.5, 0.6) is 0 Å². The Bertz CT molecular complexity index is 344.